The maximum atomic E-state index is 14.5. The highest BCUT2D eigenvalue weighted by atomic mass is 35.5. The fourth-order valence-corrected chi connectivity index (χ4v) is 7.44. The number of carboxylic acids is 1. The Labute approximate surface area is 261 Å². The van der Waals surface area contributed by atoms with Gasteiger partial charge in [-0.1, -0.05) is 11.6 Å². The van der Waals surface area contributed by atoms with Gasteiger partial charge in [-0.05, 0) is 88.9 Å². The number of fused-ring (bicyclic) bond motifs is 2. The first-order chi connectivity index (χ1) is 20.8. The van der Waals surface area contributed by atoms with Crippen molar-refractivity contribution in [3.8, 4) is 0 Å². The minimum absolute atomic E-state index is 0.0725. The number of ether oxygens (including phenoxy) is 1. The molecule has 1 spiro atoms. The number of hydrogen-bond acceptors (Lipinski definition) is 7. The van der Waals surface area contributed by atoms with E-state index in [4.69, 9.17) is 21.3 Å². The quantitative estimate of drug-likeness (QED) is 0.375. The van der Waals surface area contributed by atoms with E-state index in [0.717, 1.165) is 30.6 Å². The monoisotopic (exact) mass is 621 g/mol. The number of carbonyl (C=O) groups excluding carboxylic acids is 1. The SMILES string of the molecule is CO[C@@H]1CCC2(C1)CN(c1ccc(Cl)c(F)c1)c1ccc(C(=O)N3CCN(c4cc(C)c(C(=O)O)c(C)n4)CC3(C)C)nc12. The maximum absolute atomic E-state index is 14.5. The minimum Gasteiger partial charge on any atom is -0.478 e. The van der Waals surface area contributed by atoms with Crippen LogP contribution in [0.2, 0.25) is 5.02 Å². The highest BCUT2D eigenvalue weighted by Crippen LogP contribution is 2.52. The summed E-state index contributed by atoms with van der Waals surface area (Å²) in [6.45, 7) is 9.68. The van der Waals surface area contributed by atoms with Crippen molar-refractivity contribution in [2.75, 3.05) is 43.1 Å². The largest absolute Gasteiger partial charge is 0.478 e. The normalized spacial score (nSPS) is 22.5. The molecule has 2 atom stereocenters. The number of carboxylic acid groups (broad SMARTS) is 1. The average Bonchev–Trinajstić information content (AvgIpc) is 3.54. The van der Waals surface area contributed by atoms with Crippen molar-refractivity contribution in [3.05, 3.63) is 75.4 Å². The third-order valence-corrected chi connectivity index (χ3v) is 9.83. The summed E-state index contributed by atoms with van der Waals surface area (Å²) in [7, 11) is 1.72. The first kappa shape index (κ1) is 30.3. The van der Waals surface area contributed by atoms with E-state index in [1.165, 1.54) is 6.07 Å². The fraction of sp³-hybridized carbons (Fsp3) is 0.455. The van der Waals surface area contributed by atoms with Crippen molar-refractivity contribution >= 4 is 40.7 Å². The van der Waals surface area contributed by atoms with Crippen LogP contribution in [0.4, 0.5) is 21.6 Å². The van der Waals surface area contributed by atoms with E-state index in [1.807, 2.05) is 30.9 Å². The Morgan fingerprint density at radius 2 is 1.86 bits per heavy atom. The lowest BCUT2D eigenvalue weighted by molar-refractivity contribution is 0.0506. The number of rotatable bonds is 5. The number of aromatic nitrogens is 2. The third kappa shape index (κ3) is 5.07. The fourth-order valence-electron chi connectivity index (χ4n) is 7.32. The molecule has 2 aliphatic heterocycles. The molecule has 3 aliphatic rings. The van der Waals surface area contributed by atoms with E-state index in [-0.39, 0.29) is 28.0 Å². The van der Waals surface area contributed by atoms with Crippen LogP contribution in [0.1, 0.15) is 70.9 Å². The van der Waals surface area contributed by atoms with Gasteiger partial charge in [0.15, 0.2) is 0 Å². The molecule has 4 heterocycles. The number of nitrogens with zero attached hydrogens (tertiary/aromatic N) is 5. The molecule has 1 amide bonds. The van der Waals surface area contributed by atoms with E-state index in [0.29, 0.717) is 54.6 Å². The summed E-state index contributed by atoms with van der Waals surface area (Å²) in [5, 5.41) is 9.62. The molecule has 11 heteroatoms. The molecule has 1 saturated heterocycles. The first-order valence-corrected chi connectivity index (χ1v) is 15.3. The summed E-state index contributed by atoms with van der Waals surface area (Å²) in [5.41, 5.74) is 3.27. The number of amides is 1. The molecule has 1 N–H and O–H groups in total. The molecule has 1 unspecified atom stereocenters. The molecule has 9 nitrogen and oxygen atoms in total. The van der Waals surface area contributed by atoms with E-state index < -0.39 is 17.3 Å². The summed E-state index contributed by atoms with van der Waals surface area (Å²) in [5.74, 6) is -0.911. The number of aryl methyl sites for hydroxylation is 2. The van der Waals surface area contributed by atoms with Gasteiger partial charge in [0, 0.05) is 44.4 Å². The minimum atomic E-state index is -0.989. The van der Waals surface area contributed by atoms with Crippen LogP contribution < -0.4 is 9.80 Å². The molecule has 1 aromatic carbocycles. The van der Waals surface area contributed by atoms with Crippen LogP contribution in [-0.4, -0.2) is 76.8 Å². The Morgan fingerprint density at radius 3 is 2.50 bits per heavy atom. The number of methoxy groups -OCH3 is 1. The highest BCUT2D eigenvalue weighted by Gasteiger charge is 2.50. The average molecular weight is 622 g/mol. The van der Waals surface area contributed by atoms with Crippen LogP contribution in [0.15, 0.2) is 36.4 Å². The zero-order chi connectivity index (χ0) is 31.6. The van der Waals surface area contributed by atoms with Crippen molar-refractivity contribution < 1.29 is 23.8 Å². The van der Waals surface area contributed by atoms with Crippen molar-refractivity contribution in [3.63, 3.8) is 0 Å². The third-order valence-electron chi connectivity index (χ3n) is 9.53. The summed E-state index contributed by atoms with van der Waals surface area (Å²) >= 11 is 5.98. The lowest BCUT2D eigenvalue weighted by atomic mass is 9.84. The van der Waals surface area contributed by atoms with Crippen molar-refractivity contribution in [1.29, 1.82) is 0 Å². The van der Waals surface area contributed by atoms with Crippen LogP contribution in [0.5, 0.6) is 0 Å². The maximum Gasteiger partial charge on any atom is 0.337 e. The zero-order valence-electron chi connectivity index (χ0n) is 25.7. The number of carbonyl (C=O) groups is 2. The van der Waals surface area contributed by atoms with Gasteiger partial charge in [-0.3, -0.25) is 4.79 Å². The number of halogens is 2. The first-order valence-electron chi connectivity index (χ1n) is 14.9. The Kier molecular flexibility index (Phi) is 7.57. The molecule has 1 saturated carbocycles. The molecule has 1 aliphatic carbocycles. The van der Waals surface area contributed by atoms with Gasteiger partial charge in [0.1, 0.15) is 17.3 Å². The molecule has 2 aromatic heterocycles. The molecule has 0 bridgehead atoms. The van der Waals surface area contributed by atoms with Crippen molar-refractivity contribution in [2.45, 2.75) is 64.0 Å². The molecular weight excluding hydrogens is 585 g/mol. The second kappa shape index (κ2) is 11.0. The predicted molar refractivity (Wildman–Crippen MR) is 167 cm³/mol. The molecule has 2 fully saturated rings. The molecule has 44 heavy (non-hydrogen) atoms. The van der Waals surface area contributed by atoms with Gasteiger partial charge in [0.25, 0.3) is 5.91 Å². The molecule has 232 valence electrons. The predicted octanol–water partition coefficient (Wildman–Crippen LogP) is 5.91. The molecule has 6 rings (SSSR count). The number of pyridine rings is 2. The number of anilines is 3. The van der Waals surface area contributed by atoms with E-state index in [2.05, 4.69) is 14.8 Å². The van der Waals surface area contributed by atoms with Crippen LogP contribution in [0.25, 0.3) is 0 Å². The molecule has 0 radical (unpaired) electrons. The van der Waals surface area contributed by atoms with Gasteiger partial charge in [-0.2, -0.15) is 0 Å². The van der Waals surface area contributed by atoms with E-state index in [9.17, 15) is 19.1 Å². The second-order valence-corrected chi connectivity index (χ2v) is 13.3. The van der Waals surface area contributed by atoms with Crippen molar-refractivity contribution in [2.24, 2.45) is 0 Å². The smallest absolute Gasteiger partial charge is 0.337 e. The van der Waals surface area contributed by atoms with Crippen LogP contribution >= 0.6 is 11.6 Å². The standard InChI is InChI=1S/C33H37ClFN5O4/c1-19-14-27(36-20(2)28(19)31(42)43)38-12-13-40(32(3,4)17-38)30(41)25-8-9-26-29(37-25)33(11-10-22(16-33)44-5)18-39(26)21-6-7-23(34)24(35)15-21/h6-9,14-15,22H,10-13,16-18H2,1-5H3,(H,42,43)/t22-,33?/m1/s1. The summed E-state index contributed by atoms with van der Waals surface area (Å²) in [6, 6.07) is 10.3. The summed E-state index contributed by atoms with van der Waals surface area (Å²) in [6.07, 6.45) is 2.59. The van der Waals surface area contributed by atoms with Gasteiger partial charge in [0.2, 0.25) is 0 Å². The van der Waals surface area contributed by atoms with E-state index >= 15 is 0 Å². The van der Waals surface area contributed by atoms with Crippen LogP contribution in [0, 0.1) is 19.7 Å². The van der Waals surface area contributed by atoms with Gasteiger partial charge in [0.05, 0.1) is 39.3 Å². The topological polar surface area (TPSA) is 99.1 Å². The van der Waals surface area contributed by atoms with Gasteiger partial charge >= 0.3 is 5.97 Å². The van der Waals surface area contributed by atoms with Crippen LogP contribution in [-0.2, 0) is 10.2 Å². The lowest BCUT2D eigenvalue weighted by Crippen LogP contribution is -2.61. The Bertz CT molecular complexity index is 1640. The Hall–Kier alpha value is -3.76. The highest BCUT2D eigenvalue weighted by molar-refractivity contribution is 6.30. The van der Waals surface area contributed by atoms with Gasteiger partial charge in [-0.25, -0.2) is 19.2 Å². The Balaban J connectivity index is 1.29. The number of hydrogen-bond donors (Lipinski definition) is 1. The van der Waals surface area contributed by atoms with Crippen molar-refractivity contribution in [1.82, 2.24) is 14.9 Å². The summed E-state index contributed by atoms with van der Waals surface area (Å²) in [4.78, 5) is 41.4. The number of aromatic carboxylic acids is 1. The Morgan fingerprint density at radius 1 is 1.09 bits per heavy atom. The summed E-state index contributed by atoms with van der Waals surface area (Å²) < 4.78 is 20.2. The van der Waals surface area contributed by atoms with Gasteiger partial charge in [-0.15, -0.1) is 0 Å². The lowest BCUT2D eigenvalue weighted by Gasteiger charge is -2.47. The number of benzene rings is 1. The molecule has 3 aromatic rings. The number of piperazine rings is 1. The molecular formula is C33H37ClFN5O4. The second-order valence-electron chi connectivity index (χ2n) is 12.9. The van der Waals surface area contributed by atoms with Gasteiger partial charge < -0.3 is 24.5 Å². The van der Waals surface area contributed by atoms with E-state index in [1.54, 1.807) is 39.2 Å². The zero-order valence-corrected chi connectivity index (χ0v) is 26.4. The van der Waals surface area contributed by atoms with Crippen LogP contribution in [0.3, 0.4) is 0 Å².